The Morgan fingerprint density at radius 1 is 1.35 bits per heavy atom. The maximum Gasteiger partial charge on any atom is 0.295 e. The van der Waals surface area contributed by atoms with Gasteiger partial charge in [-0.15, -0.1) is 5.10 Å². The van der Waals surface area contributed by atoms with Crippen LogP contribution < -0.4 is 10.1 Å². The number of aromatic nitrogens is 2. The first-order valence-electron chi connectivity index (χ1n) is 6.73. The van der Waals surface area contributed by atoms with Gasteiger partial charge in [-0.1, -0.05) is 16.9 Å². The van der Waals surface area contributed by atoms with Gasteiger partial charge in [0.25, 0.3) is 5.19 Å². The number of anilines is 1. The smallest absolute Gasteiger partial charge is 0.295 e. The van der Waals surface area contributed by atoms with Gasteiger partial charge in [-0.2, -0.15) is 0 Å². The fraction of sp³-hybridized carbons (Fsp3) is 0.357. The van der Waals surface area contributed by atoms with Gasteiger partial charge in [0.1, 0.15) is 0 Å². The zero-order chi connectivity index (χ0) is 17.0. The van der Waals surface area contributed by atoms with Gasteiger partial charge in [0.2, 0.25) is 5.91 Å². The second-order valence-corrected chi connectivity index (χ2v) is 8.81. The van der Waals surface area contributed by atoms with Crippen molar-refractivity contribution < 1.29 is 9.53 Å². The van der Waals surface area contributed by atoms with Crippen LogP contribution in [-0.4, -0.2) is 28.0 Å². The molecule has 2 aromatic rings. The molecule has 5 nitrogen and oxygen atoms in total. The lowest BCUT2D eigenvalue weighted by Gasteiger charge is -2.10. The number of amides is 1. The Morgan fingerprint density at radius 2 is 2.00 bits per heavy atom. The van der Waals surface area contributed by atoms with E-state index < -0.39 is 0 Å². The number of nitrogens with one attached hydrogen (secondary N) is 1. The summed E-state index contributed by atoms with van der Waals surface area (Å²) < 4.78 is 7.84. The van der Waals surface area contributed by atoms with Crippen LogP contribution in [0.1, 0.15) is 19.4 Å². The maximum absolute atomic E-state index is 12.1. The fourth-order valence-corrected chi connectivity index (χ4v) is 4.85. The number of aryl methyl sites for hydroxylation is 1. The molecule has 23 heavy (non-hydrogen) atoms. The maximum atomic E-state index is 12.1. The van der Waals surface area contributed by atoms with E-state index in [1.165, 1.54) is 23.1 Å². The molecule has 0 fully saturated rings. The Morgan fingerprint density at radius 3 is 2.61 bits per heavy atom. The molecule has 9 heteroatoms. The standard InChI is InChI=1S/C14H15Br2N3O2S2/c1-7(2)21-13-18-19-14(23-13)22-6-11(20)17-12-9(15)4-8(3)5-10(12)16/h4-5,7H,6H2,1-3H3,(H,17,20). The lowest BCUT2D eigenvalue weighted by molar-refractivity contribution is -0.113. The first-order chi connectivity index (χ1) is 10.8. The van der Waals surface area contributed by atoms with Gasteiger partial charge in [-0.3, -0.25) is 4.79 Å². The highest BCUT2D eigenvalue weighted by Crippen LogP contribution is 2.33. The van der Waals surface area contributed by atoms with Crippen LogP contribution in [-0.2, 0) is 4.79 Å². The number of carbonyl (C=O) groups is 1. The monoisotopic (exact) mass is 479 g/mol. The van der Waals surface area contributed by atoms with Crippen molar-refractivity contribution in [1.82, 2.24) is 10.2 Å². The van der Waals surface area contributed by atoms with Crippen molar-refractivity contribution in [3.05, 3.63) is 26.6 Å². The number of hydrogen-bond acceptors (Lipinski definition) is 6. The molecule has 0 aliphatic carbocycles. The summed E-state index contributed by atoms with van der Waals surface area (Å²) in [5, 5.41) is 11.3. The highest BCUT2D eigenvalue weighted by molar-refractivity contribution is 9.11. The van der Waals surface area contributed by atoms with Gasteiger partial charge in [0.15, 0.2) is 4.34 Å². The Hall–Kier alpha value is -0.640. The van der Waals surface area contributed by atoms with E-state index in [9.17, 15) is 4.79 Å². The third kappa shape index (κ3) is 5.74. The average molecular weight is 481 g/mol. The van der Waals surface area contributed by atoms with Crippen molar-refractivity contribution in [3.63, 3.8) is 0 Å². The van der Waals surface area contributed by atoms with Gasteiger partial charge in [0, 0.05) is 8.95 Å². The molecule has 1 amide bonds. The Kier molecular flexibility index (Phi) is 6.87. The lowest BCUT2D eigenvalue weighted by atomic mass is 10.2. The SMILES string of the molecule is Cc1cc(Br)c(NC(=O)CSc2nnc(OC(C)C)s2)c(Br)c1. The zero-order valence-corrected chi connectivity index (χ0v) is 17.5. The molecule has 0 radical (unpaired) electrons. The predicted octanol–water partition coefficient (Wildman–Crippen LogP) is 4.89. The van der Waals surface area contributed by atoms with Crippen LogP contribution in [0.25, 0.3) is 0 Å². The molecule has 2 rings (SSSR count). The third-order valence-electron chi connectivity index (χ3n) is 2.50. The zero-order valence-electron chi connectivity index (χ0n) is 12.7. The summed E-state index contributed by atoms with van der Waals surface area (Å²) in [6.45, 7) is 5.85. The number of carbonyl (C=O) groups excluding carboxylic acids is 1. The van der Waals surface area contributed by atoms with Crippen LogP contribution in [0.2, 0.25) is 0 Å². The molecule has 0 saturated carbocycles. The molecule has 1 aromatic carbocycles. The van der Waals surface area contributed by atoms with Crippen molar-refractivity contribution in [1.29, 1.82) is 0 Å². The molecule has 1 heterocycles. The van der Waals surface area contributed by atoms with Crippen LogP contribution in [0, 0.1) is 6.92 Å². The average Bonchev–Trinajstić information content (AvgIpc) is 2.87. The fourth-order valence-electron chi connectivity index (χ4n) is 1.63. The number of halogens is 2. The predicted molar refractivity (Wildman–Crippen MR) is 102 cm³/mol. The van der Waals surface area contributed by atoms with Gasteiger partial charge in [-0.05, 0) is 81.7 Å². The Bertz CT molecular complexity index is 684. The Labute approximate surface area is 159 Å². The number of thioether (sulfide) groups is 1. The minimum atomic E-state index is -0.109. The molecule has 0 bridgehead atoms. The largest absolute Gasteiger partial charge is 0.466 e. The third-order valence-corrected chi connectivity index (χ3v) is 5.70. The second-order valence-electron chi connectivity index (χ2n) is 4.94. The van der Waals surface area contributed by atoms with E-state index in [0.29, 0.717) is 9.53 Å². The van der Waals surface area contributed by atoms with Gasteiger partial charge < -0.3 is 10.1 Å². The summed E-state index contributed by atoms with van der Waals surface area (Å²) in [6, 6.07) is 3.90. The van der Waals surface area contributed by atoms with Gasteiger partial charge in [-0.25, -0.2) is 0 Å². The molecule has 0 atom stereocenters. The summed E-state index contributed by atoms with van der Waals surface area (Å²) in [5.41, 5.74) is 1.82. The molecule has 0 aliphatic heterocycles. The van der Waals surface area contributed by atoms with Crippen LogP contribution in [0.3, 0.4) is 0 Å². The topological polar surface area (TPSA) is 64.1 Å². The highest BCUT2D eigenvalue weighted by atomic mass is 79.9. The first-order valence-corrected chi connectivity index (χ1v) is 10.1. The van der Waals surface area contributed by atoms with Crippen LogP contribution in [0.5, 0.6) is 5.19 Å². The summed E-state index contributed by atoms with van der Waals surface area (Å²) in [5.74, 6) is 0.144. The molecule has 124 valence electrons. The Balaban J connectivity index is 1.92. The van der Waals surface area contributed by atoms with Crippen molar-refractivity contribution in [2.45, 2.75) is 31.2 Å². The number of rotatable bonds is 6. The quantitative estimate of drug-likeness (QED) is 0.596. The lowest BCUT2D eigenvalue weighted by Crippen LogP contribution is -2.14. The van der Waals surface area contributed by atoms with Crippen molar-refractivity contribution in [2.75, 3.05) is 11.1 Å². The minimum Gasteiger partial charge on any atom is -0.466 e. The van der Waals surface area contributed by atoms with E-state index in [-0.39, 0.29) is 17.8 Å². The summed E-state index contributed by atoms with van der Waals surface area (Å²) in [4.78, 5) is 12.1. The number of ether oxygens (including phenoxy) is 1. The molecule has 1 N–H and O–H groups in total. The molecule has 0 saturated heterocycles. The molecule has 1 aromatic heterocycles. The van der Waals surface area contributed by atoms with E-state index in [2.05, 4.69) is 47.4 Å². The van der Waals surface area contributed by atoms with Gasteiger partial charge in [0.05, 0.1) is 17.5 Å². The molecular weight excluding hydrogens is 466 g/mol. The van der Waals surface area contributed by atoms with E-state index in [4.69, 9.17) is 4.74 Å². The normalized spacial score (nSPS) is 10.9. The molecule has 0 unspecified atom stereocenters. The van der Waals surface area contributed by atoms with E-state index >= 15 is 0 Å². The second kappa shape index (κ2) is 8.46. The van der Waals surface area contributed by atoms with Crippen LogP contribution in [0.4, 0.5) is 5.69 Å². The molecular formula is C14H15Br2N3O2S2. The van der Waals surface area contributed by atoms with E-state index in [1.54, 1.807) is 0 Å². The van der Waals surface area contributed by atoms with E-state index in [1.807, 2.05) is 32.9 Å². The van der Waals surface area contributed by atoms with Gasteiger partial charge >= 0.3 is 0 Å². The number of nitrogens with zero attached hydrogens (tertiary/aromatic N) is 2. The molecule has 0 spiro atoms. The van der Waals surface area contributed by atoms with Crippen LogP contribution in [0.15, 0.2) is 25.4 Å². The highest BCUT2D eigenvalue weighted by Gasteiger charge is 2.13. The number of benzene rings is 1. The number of hydrogen-bond donors (Lipinski definition) is 1. The van der Waals surface area contributed by atoms with Crippen LogP contribution >= 0.6 is 55.0 Å². The molecule has 0 aliphatic rings. The minimum absolute atomic E-state index is 0.0559. The van der Waals surface area contributed by atoms with E-state index in [0.717, 1.165) is 20.2 Å². The summed E-state index contributed by atoms with van der Waals surface area (Å²) >= 11 is 9.59. The van der Waals surface area contributed by atoms with Crippen molar-refractivity contribution in [2.24, 2.45) is 0 Å². The summed E-state index contributed by atoms with van der Waals surface area (Å²) in [6.07, 6.45) is 0.0559. The first kappa shape index (κ1) is 18.7. The van der Waals surface area contributed by atoms with Crippen molar-refractivity contribution >= 4 is 66.6 Å². The summed E-state index contributed by atoms with van der Waals surface area (Å²) in [7, 11) is 0. The van der Waals surface area contributed by atoms with Crippen molar-refractivity contribution in [3.8, 4) is 5.19 Å².